The van der Waals surface area contributed by atoms with Crippen LogP contribution >= 0.6 is 0 Å². The Hall–Kier alpha value is -1.92. The lowest BCUT2D eigenvalue weighted by atomic mass is 9.75. The summed E-state index contributed by atoms with van der Waals surface area (Å²) in [5.41, 5.74) is 3.61. The summed E-state index contributed by atoms with van der Waals surface area (Å²) in [6, 6.07) is 12.7. The minimum Gasteiger partial charge on any atom is -0.299 e. The van der Waals surface area contributed by atoms with Crippen LogP contribution in [0.15, 0.2) is 42.6 Å². The van der Waals surface area contributed by atoms with Crippen LogP contribution < -0.4 is 4.31 Å². The van der Waals surface area contributed by atoms with E-state index in [9.17, 15) is 8.42 Å². The Kier molecular flexibility index (Phi) is 4.28. The van der Waals surface area contributed by atoms with Gasteiger partial charge in [-0.1, -0.05) is 35.9 Å². The Labute approximate surface area is 155 Å². The Bertz CT molecular complexity index is 901. The van der Waals surface area contributed by atoms with Crippen LogP contribution in [-0.2, 0) is 22.0 Å². The van der Waals surface area contributed by atoms with E-state index in [1.807, 2.05) is 6.07 Å². The number of likely N-dealkylation sites (tertiary alicyclic amines) is 1. The van der Waals surface area contributed by atoms with E-state index in [0.29, 0.717) is 12.4 Å². The molecule has 0 bridgehead atoms. The summed E-state index contributed by atoms with van der Waals surface area (Å²) in [7, 11) is -3.30. The van der Waals surface area contributed by atoms with E-state index >= 15 is 0 Å². The maximum absolute atomic E-state index is 12.2. The third kappa shape index (κ3) is 3.12. The van der Waals surface area contributed by atoms with Crippen molar-refractivity contribution in [1.82, 2.24) is 9.88 Å². The van der Waals surface area contributed by atoms with E-state index in [-0.39, 0.29) is 5.41 Å². The van der Waals surface area contributed by atoms with Crippen molar-refractivity contribution in [2.24, 2.45) is 0 Å². The lowest BCUT2D eigenvalue weighted by molar-refractivity contribution is 0.161. The van der Waals surface area contributed by atoms with E-state index in [2.05, 4.69) is 47.1 Å². The Balaban J connectivity index is 1.52. The van der Waals surface area contributed by atoms with Gasteiger partial charge in [-0.2, -0.15) is 0 Å². The number of aromatic nitrogens is 1. The van der Waals surface area contributed by atoms with Gasteiger partial charge >= 0.3 is 0 Å². The zero-order valence-electron chi connectivity index (χ0n) is 15.4. The van der Waals surface area contributed by atoms with Crippen LogP contribution in [0.5, 0.6) is 0 Å². The molecule has 4 rings (SSSR count). The zero-order valence-corrected chi connectivity index (χ0v) is 16.2. The molecule has 0 saturated carbocycles. The van der Waals surface area contributed by atoms with Crippen molar-refractivity contribution in [3.05, 3.63) is 59.3 Å². The van der Waals surface area contributed by atoms with Gasteiger partial charge in [0.1, 0.15) is 5.82 Å². The van der Waals surface area contributed by atoms with Crippen LogP contribution in [0.4, 0.5) is 5.82 Å². The number of benzene rings is 1. The molecule has 0 N–H and O–H groups in total. The van der Waals surface area contributed by atoms with Crippen molar-refractivity contribution in [2.45, 2.75) is 31.7 Å². The van der Waals surface area contributed by atoms with Gasteiger partial charge in [-0.15, -0.1) is 0 Å². The minimum atomic E-state index is -3.30. The highest BCUT2D eigenvalue weighted by molar-refractivity contribution is 7.92. The van der Waals surface area contributed by atoms with E-state index in [4.69, 9.17) is 0 Å². The molecule has 2 aliphatic heterocycles. The highest BCUT2D eigenvalue weighted by Gasteiger charge is 2.47. The molecule has 0 aliphatic carbocycles. The van der Waals surface area contributed by atoms with Gasteiger partial charge in [0, 0.05) is 30.3 Å². The third-order valence-electron chi connectivity index (χ3n) is 5.78. The lowest BCUT2D eigenvalue weighted by Gasteiger charge is -2.39. The fourth-order valence-electron chi connectivity index (χ4n) is 4.24. The number of hydrogen-bond donors (Lipinski definition) is 0. The molecule has 0 amide bonds. The molecule has 1 aromatic heterocycles. The van der Waals surface area contributed by atoms with Gasteiger partial charge in [-0.3, -0.25) is 9.21 Å². The molecule has 0 atom stereocenters. The predicted octanol–water partition coefficient (Wildman–Crippen LogP) is 2.70. The fourth-order valence-corrected chi connectivity index (χ4v) is 5.18. The molecule has 0 unspecified atom stereocenters. The van der Waals surface area contributed by atoms with E-state index in [0.717, 1.165) is 38.0 Å². The average molecular weight is 372 g/mol. The lowest BCUT2D eigenvalue weighted by Crippen LogP contribution is -2.45. The third-order valence-corrected chi connectivity index (χ3v) is 6.88. The van der Waals surface area contributed by atoms with Gasteiger partial charge in [0.25, 0.3) is 0 Å². The van der Waals surface area contributed by atoms with Crippen molar-refractivity contribution < 1.29 is 8.42 Å². The molecule has 1 fully saturated rings. The number of sulfonamides is 1. The zero-order chi connectivity index (χ0) is 18.4. The normalized spacial score (nSPS) is 19.7. The number of anilines is 1. The van der Waals surface area contributed by atoms with Crippen LogP contribution in [0.2, 0.25) is 0 Å². The number of hydrogen-bond acceptors (Lipinski definition) is 4. The largest absolute Gasteiger partial charge is 0.299 e. The van der Waals surface area contributed by atoms with Crippen LogP contribution in [0.25, 0.3) is 0 Å². The topological polar surface area (TPSA) is 53.5 Å². The SMILES string of the molecule is Cc1ccc(CN2CCC3(CC2)CN(S(C)(=O)=O)c2ncccc23)cc1. The molecule has 6 heteroatoms. The summed E-state index contributed by atoms with van der Waals surface area (Å²) in [4.78, 5) is 6.85. The molecule has 1 aromatic carbocycles. The number of piperidine rings is 1. The maximum atomic E-state index is 12.2. The van der Waals surface area contributed by atoms with Gasteiger partial charge < -0.3 is 0 Å². The van der Waals surface area contributed by atoms with Crippen LogP contribution in [-0.4, -0.2) is 44.2 Å². The van der Waals surface area contributed by atoms with Gasteiger partial charge in [-0.05, 0) is 44.5 Å². The molecular formula is C20H25N3O2S. The highest BCUT2D eigenvalue weighted by atomic mass is 32.2. The monoisotopic (exact) mass is 371 g/mol. The summed E-state index contributed by atoms with van der Waals surface area (Å²) < 4.78 is 26.0. The molecule has 1 saturated heterocycles. The number of fused-ring (bicyclic) bond motifs is 2. The van der Waals surface area contributed by atoms with Gasteiger partial charge in [0.05, 0.1) is 6.26 Å². The van der Waals surface area contributed by atoms with Gasteiger partial charge in [0.2, 0.25) is 10.0 Å². The molecule has 2 aliphatic rings. The van der Waals surface area contributed by atoms with Crippen LogP contribution in [0.1, 0.15) is 29.5 Å². The quantitative estimate of drug-likeness (QED) is 0.832. The standard InChI is InChI=1S/C20H25N3O2S/c1-16-5-7-17(8-6-16)14-22-12-9-20(10-13-22)15-23(26(2,24)25)19-18(20)4-3-11-21-19/h3-8,11H,9-10,12-15H2,1-2H3. The Morgan fingerprint density at radius 2 is 1.81 bits per heavy atom. The molecule has 138 valence electrons. The van der Waals surface area contributed by atoms with E-state index < -0.39 is 10.0 Å². The van der Waals surface area contributed by atoms with Crippen molar-refractivity contribution in [1.29, 1.82) is 0 Å². The minimum absolute atomic E-state index is 0.101. The number of nitrogens with zero attached hydrogens (tertiary/aromatic N) is 3. The van der Waals surface area contributed by atoms with Crippen molar-refractivity contribution in [2.75, 3.05) is 30.2 Å². The average Bonchev–Trinajstić information content (AvgIpc) is 2.94. The maximum Gasteiger partial charge on any atom is 0.233 e. The summed E-state index contributed by atoms with van der Waals surface area (Å²) in [5.74, 6) is 0.627. The van der Waals surface area contributed by atoms with Crippen molar-refractivity contribution in [3.63, 3.8) is 0 Å². The number of aryl methyl sites for hydroxylation is 1. The van der Waals surface area contributed by atoms with Crippen LogP contribution in [0, 0.1) is 6.92 Å². The number of rotatable bonds is 3. The van der Waals surface area contributed by atoms with E-state index in [1.165, 1.54) is 21.7 Å². The first-order valence-electron chi connectivity index (χ1n) is 9.09. The second kappa shape index (κ2) is 6.35. The molecule has 1 spiro atoms. The summed E-state index contributed by atoms with van der Waals surface area (Å²) >= 11 is 0. The first kappa shape index (κ1) is 17.5. The Morgan fingerprint density at radius 1 is 1.12 bits per heavy atom. The second-order valence-electron chi connectivity index (χ2n) is 7.69. The molecular weight excluding hydrogens is 346 g/mol. The fraction of sp³-hybridized carbons (Fsp3) is 0.450. The van der Waals surface area contributed by atoms with E-state index in [1.54, 1.807) is 6.20 Å². The van der Waals surface area contributed by atoms with Gasteiger partial charge in [-0.25, -0.2) is 13.4 Å². The highest BCUT2D eigenvalue weighted by Crippen LogP contribution is 2.46. The summed E-state index contributed by atoms with van der Waals surface area (Å²) in [5, 5.41) is 0. The first-order valence-corrected chi connectivity index (χ1v) is 10.9. The van der Waals surface area contributed by atoms with Crippen molar-refractivity contribution >= 4 is 15.8 Å². The molecule has 5 nitrogen and oxygen atoms in total. The summed E-state index contributed by atoms with van der Waals surface area (Å²) in [6.45, 7) is 5.52. The first-order chi connectivity index (χ1) is 12.4. The molecule has 3 heterocycles. The molecule has 2 aromatic rings. The van der Waals surface area contributed by atoms with Crippen molar-refractivity contribution in [3.8, 4) is 0 Å². The predicted molar refractivity (Wildman–Crippen MR) is 104 cm³/mol. The number of pyridine rings is 1. The smallest absolute Gasteiger partial charge is 0.233 e. The van der Waals surface area contributed by atoms with Crippen LogP contribution in [0.3, 0.4) is 0 Å². The second-order valence-corrected chi connectivity index (χ2v) is 9.59. The van der Waals surface area contributed by atoms with Gasteiger partial charge in [0.15, 0.2) is 0 Å². The summed E-state index contributed by atoms with van der Waals surface area (Å²) in [6.07, 6.45) is 4.88. The molecule has 0 radical (unpaired) electrons. The Morgan fingerprint density at radius 3 is 2.46 bits per heavy atom. The molecule has 26 heavy (non-hydrogen) atoms.